The smallest absolute Gasteiger partial charge is 0.238 e. The molecule has 29 heavy (non-hydrogen) atoms. The first kappa shape index (κ1) is 21.0. The lowest BCUT2D eigenvalue weighted by Gasteiger charge is -2.34. The number of aryl methyl sites for hydroxylation is 1. The Hall–Kier alpha value is -2.71. The molecule has 0 saturated carbocycles. The van der Waals surface area contributed by atoms with Crippen LogP contribution < -0.4 is 5.32 Å². The van der Waals surface area contributed by atoms with Gasteiger partial charge in [-0.15, -0.1) is 0 Å². The van der Waals surface area contributed by atoms with Crippen LogP contribution in [0.5, 0.6) is 0 Å². The van der Waals surface area contributed by atoms with Crippen molar-refractivity contribution < 1.29 is 18.4 Å². The molecule has 156 valence electrons. The van der Waals surface area contributed by atoms with E-state index in [2.05, 4.69) is 15.1 Å². The molecule has 0 atom stereocenters. The monoisotopic (exact) mass is 402 g/mol. The summed E-state index contributed by atoms with van der Waals surface area (Å²) < 4.78 is 18.4. The molecule has 3 rings (SSSR count). The molecule has 0 radical (unpaired) electrons. The van der Waals surface area contributed by atoms with Gasteiger partial charge < -0.3 is 14.6 Å². The van der Waals surface area contributed by atoms with Gasteiger partial charge in [0.15, 0.2) is 0 Å². The zero-order valence-corrected chi connectivity index (χ0v) is 16.9. The highest BCUT2D eigenvalue weighted by Crippen LogP contribution is 2.11. The van der Waals surface area contributed by atoms with Crippen LogP contribution in [0, 0.1) is 12.7 Å². The average Bonchev–Trinajstić information content (AvgIpc) is 3.09. The summed E-state index contributed by atoms with van der Waals surface area (Å²) in [5.74, 6) is 1.19. The van der Waals surface area contributed by atoms with Crippen molar-refractivity contribution in [2.24, 2.45) is 0 Å². The van der Waals surface area contributed by atoms with Crippen molar-refractivity contribution in [3.8, 4) is 0 Å². The molecule has 1 N–H and O–H groups in total. The molecule has 2 heterocycles. The summed E-state index contributed by atoms with van der Waals surface area (Å²) in [7, 11) is 1.77. The first-order valence-electron chi connectivity index (χ1n) is 9.68. The summed E-state index contributed by atoms with van der Waals surface area (Å²) in [6, 6.07) is 9.48. The van der Waals surface area contributed by atoms with Gasteiger partial charge in [0, 0.05) is 38.9 Å². The van der Waals surface area contributed by atoms with Crippen molar-refractivity contribution >= 4 is 17.5 Å². The average molecular weight is 402 g/mol. The van der Waals surface area contributed by atoms with Crippen LogP contribution >= 0.6 is 0 Å². The van der Waals surface area contributed by atoms with Crippen molar-refractivity contribution in [1.29, 1.82) is 0 Å². The van der Waals surface area contributed by atoms with Crippen LogP contribution in [0.3, 0.4) is 0 Å². The van der Waals surface area contributed by atoms with Gasteiger partial charge in [-0.05, 0) is 43.3 Å². The largest absolute Gasteiger partial charge is 0.464 e. The lowest BCUT2D eigenvalue weighted by Crippen LogP contribution is -2.51. The predicted octanol–water partition coefficient (Wildman–Crippen LogP) is 1.94. The van der Waals surface area contributed by atoms with Crippen LogP contribution in [-0.2, 0) is 16.1 Å². The second-order valence-electron chi connectivity index (χ2n) is 7.37. The maximum Gasteiger partial charge on any atom is 0.238 e. The van der Waals surface area contributed by atoms with Crippen LogP contribution in [0.15, 0.2) is 40.8 Å². The number of carbonyl (C=O) groups is 2. The minimum absolute atomic E-state index is 0.0431. The zero-order valence-electron chi connectivity index (χ0n) is 16.9. The molecule has 0 aliphatic carbocycles. The van der Waals surface area contributed by atoms with Gasteiger partial charge in [0.25, 0.3) is 0 Å². The van der Waals surface area contributed by atoms with Gasteiger partial charge in [-0.1, -0.05) is 0 Å². The number of amides is 2. The lowest BCUT2D eigenvalue weighted by atomic mass is 10.3. The molecule has 2 amide bonds. The van der Waals surface area contributed by atoms with E-state index < -0.39 is 0 Å². The molecule has 1 aliphatic heterocycles. The SMILES string of the molecule is Cc1ccc(CN(C)C(=O)CN2CCN(CC(=O)Nc3ccc(F)cc3)CC2)o1. The number of hydrogen-bond acceptors (Lipinski definition) is 5. The highest BCUT2D eigenvalue weighted by molar-refractivity contribution is 5.92. The Morgan fingerprint density at radius 3 is 2.24 bits per heavy atom. The highest BCUT2D eigenvalue weighted by Gasteiger charge is 2.22. The number of rotatable bonds is 7. The van der Waals surface area contributed by atoms with E-state index in [1.165, 1.54) is 24.3 Å². The molecule has 0 spiro atoms. The number of benzene rings is 1. The lowest BCUT2D eigenvalue weighted by molar-refractivity contribution is -0.132. The number of anilines is 1. The van der Waals surface area contributed by atoms with Gasteiger partial charge >= 0.3 is 0 Å². The van der Waals surface area contributed by atoms with Crippen molar-refractivity contribution in [3.63, 3.8) is 0 Å². The van der Waals surface area contributed by atoms with E-state index in [0.717, 1.165) is 24.6 Å². The van der Waals surface area contributed by atoms with E-state index in [4.69, 9.17) is 4.42 Å². The van der Waals surface area contributed by atoms with E-state index in [1.54, 1.807) is 11.9 Å². The third-order valence-corrected chi connectivity index (χ3v) is 4.93. The maximum atomic E-state index is 12.9. The zero-order chi connectivity index (χ0) is 20.8. The minimum Gasteiger partial charge on any atom is -0.464 e. The van der Waals surface area contributed by atoms with Gasteiger partial charge in [0.2, 0.25) is 11.8 Å². The van der Waals surface area contributed by atoms with Gasteiger partial charge in [-0.2, -0.15) is 0 Å². The topological polar surface area (TPSA) is 69.0 Å². The molecule has 8 heteroatoms. The Morgan fingerprint density at radius 2 is 1.66 bits per heavy atom. The summed E-state index contributed by atoms with van der Waals surface area (Å²) in [5.41, 5.74) is 0.579. The normalized spacial score (nSPS) is 15.3. The third-order valence-electron chi connectivity index (χ3n) is 4.93. The Kier molecular flexibility index (Phi) is 7.00. The molecule has 1 aromatic carbocycles. The van der Waals surface area contributed by atoms with E-state index in [-0.39, 0.29) is 24.2 Å². The number of likely N-dealkylation sites (N-methyl/N-ethyl adjacent to an activating group) is 1. The Bertz CT molecular complexity index is 829. The van der Waals surface area contributed by atoms with Gasteiger partial charge in [0.05, 0.1) is 19.6 Å². The van der Waals surface area contributed by atoms with Gasteiger partial charge in [-0.25, -0.2) is 4.39 Å². The number of nitrogens with zero attached hydrogens (tertiary/aromatic N) is 3. The van der Waals surface area contributed by atoms with Crippen LogP contribution in [0.1, 0.15) is 11.5 Å². The fourth-order valence-electron chi connectivity index (χ4n) is 3.25. The van der Waals surface area contributed by atoms with Crippen LogP contribution in [-0.4, -0.2) is 72.8 Å². The summed E-state index contributed by atoms with van der Waals surface area (Å²) in [4.78, 5) is 30.4. The Morgan fingerprint density at radius 1 is 1.03 bits per heavy atom. The van der Waals surface area contributed by atoms with Crippen molar-refractivity contribution in [2.45, 2.75) is 13.5 Å². The van der Waals surface area contributed by atoms with Crippen LogP contribution in [0.4, 0.5) is 10.1 Å². The summed E-state index contributed by atoms with van der Waals surface area (Å²) in [5, 5.41) is 2.77. The fraction of sp³-hybridized carbons (Fsp3) is 0.429. The first-order chi connectivity index (χ1) is 13.9. The van der Waals surface area contributed by atoms with Gasteiger partial charge in [-0.3, -0.25) is 19.4 Å². The van der Waals surface area contributed by atoms with Crippen molar-refractivity contribution in [2.75, 3.05) is 51.6 Å². The fourth-order valence-corrected chi connectivity index (χ4v) is 3.25. The molecule has 1 aromatic heterocycles. The van der Waals surface area contributed by atoms with Gasteiger partial charge in [0.1, 0.15) is 17.3 Å². The standard InChI is InChI=1S/C21H27FN4O3/c1-16-3-8-19(29-16)13-24(2)21(28)15-26-11-9-25(10-12-26)14-20(27)23-18-6-4-17(22)5-7-18/h3-8H,9-15H2,1-2H3,(H,23,27). The number of nitrogens with one attached hydrogen (secondary N) is 1. The molecule has 2 aromatic rings. The molecule has 1 fully saturated rings. The number of halogens is 1. The molecule has 0 bridgehead atoms. The number of furan rings is 1. The number of hydrogen-bond donors (Lipinski definition) is 1. The Labute approximate surface area is 170 Å². The summed E-state index contributed by atoms with van der Waals surface area (Å²) >= 11 is 0. The van der Waals surface area contributed by atoms with E-state index in [9.17, 15) is 14.0 Å². The van der Waals surface area contributed by atoms with E-state index >= 15 is 0 Å². The number of carbonyl (C=O) groups excluding carboxylic acids is 2. The summed E-state index contributed by atoms with van der Waals surface area (Å²) in [6.07, 6.45) is 0. The maximum absolute atomic E-state index is 12.9. The van der Waals surface area contributed by atoms with Crippen molar-refractivity contribution in [3.05, 3.63) is 53.7 Å². The molecule has 7 nitrogen and oxygen atoms in total. The summed E-state index contributed by atoms with van der Waals surface area (Å²) in [6.45, 7) is 5.84. The first-order valence-corrected chi connectivity index (χ1v) is 9.68. The molecule has 1 aliphatic rings. The molecule has 1 saturated heterocycles. The van der Waals surface area contributed by atoms with Crippen LogP contribution in [0.25, 0.3) is 0 Å². The molecular formula is C21H27FN4O3. The second-order valence-corrected chi connectivity index (χ2v) is 7.37. The van der Waals surface area contributed by atoms with E-state index in [1.807, 2.05) is 19.1 Å². The molecular weight excluding hydrogens is 375 g/mol. The van der Waals surface area contributed by atoms with Crippen LogP contribution in [0.2, 0.25) is 0 Å². The van der Waals surface area contributed by atoms with Crippen molar-refractivity contribution in [1.82, 2.24) is 14.7 Å². The number of piperazine rings is 1. The second kappa shape index (κ2) is 9.67. The quantitative estimate of drug-likeness (QED) is 0.767. The Balaban J connectivity index is 1.37. The predicted molar refractivity (Wildman–Crippen MR) is 108 cm³/mol. The van der Waals surface area contributed by atoms with E-state index in [0.29, 0.717) is 31.9 Å². The molecule has 0 unspecified atom stereocenters. The third kappa shape index (κ3) is 6.40. The minimum atomic E-state index is -0.335. The highest BCUT2D eigenvalue weighted by atomic mass is 19.1.